The van der Waals surface area contributed by atoms with E-state index in [1.165, 1.54) is 5.56 Å². The first-order valence-corrected chi connectivity index (χ1v) is 4.77. The van der Waals surface area contributed by atoms with Crippen LogP contribution < -0.4 is 5.48 Å². The minimum Gasteiger partial charge on any atom is -0.302 e. The summed E-state index contributed by atoms with van der Waals surface area (Å²) in [5.41, 5.74) is 3.69. The van der Waals surface area contributed by atoms with Gasteiger partial charge in [0.1, 0.15) is 0 Å². The van der Waals surface area contributed by atoms with Crippen molar-refractivity contribution in [3.63, 3.8) is 0 Å². The quantitative estimate of drug-likeness (QED) is 0.600. The summed E-state index contributed by atoms with van der Waals surface area (Å²) < 4.78 is 0. The van der Waals surface area contributed by atoms with Crippen molar-refractivity contribution in [1.82, 2.24) is 5.48 Å². The van der Waals surface area contributed by atoms with E-state index in [2.05, 4.69) is 10.3 Å². The van der Waals surface area contributed by atoms with Crippen LogP contribution in [-0.4, -0.2) is 13.7 Å². The van der Waals surface area contributed by atoms with Crippen LogP contribution in [-0.2, 0) is 10.7 Å². The minimum absolute atomic E-state index is 0.612. The molecule has 0 radical (unpaired) electrons. The lowest BCUT2D eigenvalue weighted by Crippen LogP contribution is -2.05. The molecule has 0 saturated heterocycles. The Hall–Kier alpha value is -0.570. The SMILES string of the molecule is CCONC.ClCc1ccccc1. The molecule has 0 heterocycles. The number of halogens is 1. The summed E-state index contributed by atoms with van der Waals surface area (Å²) in [6.45, 7) is 2.66. The summed E-state index contributed by atoms with van der Waals surface area (Å²) in [5, 5.41) is 0. The summed E-state index contributed by atoms with van der Waals surface area (Å²) in [6, 6.07) is 9.96. The van der Waals surface area contributed by atoms with E-state index in [1.807, 2.05) is 37.3 Å². The Labute approximate surface area is 84.8 Å². The van der Waals surface area contributed by atoms with Gasteiger partial charge in [-0.25, -0.2) is 5.48 Å². The van der Waals surface area contributed by atoms with Gasteiger partial charge >= 0.3 is 0 Å². The standard InChI is InChI=1S/C7H7Cl.C3H9NO/c8-6-7-4-2-1-3-5-7;1-3-5-4-2/h1-5H,6H2;4H,3H2,1-2H3. The summed E-state index contributed by atoms with van der Waals surface area (Å²) in [6.07, 6.45) is 0. The fraction of sp³-hybridized carbons (Fsp3) is 0.400. The van der Waals surface area contributed by atoms with Crippen LogP contribution in [0.2, 0.25) is 0 Å². The Morgan fingerprint density at radius 1 is 1.31 bits per heavy atom. The largest absolute Gasteiger partial charge is 0.302 e. The topological polar surface area (TPSA) is 21.3 Å². The Morgan fingerprint density at radius 2 is 1.92 bits per heavy atom. The Kier molecular flexibility index (Phi) is 9.10. The normalized spacial score (nSPS) is 8.85. The number of alkyl halides is 1. The number of hydrogen-bond acceptors (Lipinski definition) is 2. The highest BCUT2D eigenvalue weighted by Gasteiger charge is 1.81. The van der Waals surface area contributed by atoms with Gasteiger partial charge in [-0.1, -0.05) is 30.3 Å². The Balaban J connectivity index is 0.000000252. The highest BCUT2D eigenvalue weighted by Crippen LogP contribution is 2.00. The van der Waals surface area contributed by atoms with Crippen molar-refractivity contribution in [2.24, 2.45) is 0 Å². The van der Waals surface area contributed by atoms with Crippen molar-refractivity contribution in [2.75, 3.05) is 13.7 Å². The van der Waals surface area contributed by atoms with Crippen molar-refractivity contribution in [3.05, 3.63) is 35.9 Å². The lowest BCUT2D eigenvalue weighted by atomic mass is 10.2. The van der Waals surface area contributed by atoms with Crippen molar-refractivity contribution >= 4 is 11.6 Å². The third-order valence-corrected chi connectivity index (χ3v) is 1.59. The molecule has 0 unspecified atom stereocenters. The minimum atomic E-state index is 0.612. The van der Waals surface area contributed by atoms with Gasteiger partial charge in [-0.05, 0) is 12.5 Å². The second kappa shape index (κ2) is 9.52. The maximum atomic E-state index is 5.53. The lowest BCUT2D eigenvalue weighted by Gasteiger charge is -1.88. The zero-order valence-corrected chi connectivity index (χ0v) is 8.84. The number of hydrogen-bond donors (Lipinski definition) is 1. The molecule has 0 bridgehead atoms. The molecular formula is C10H16ClNO. The third kappa shape index (κ3) is 7.78. The average molecular weight is 202 g/mol. The second-order valence-electron chi connectivity index (χ2n) is 2.26. The number of benzene rings is 1. The van der Waals surface area contributed by atoms with Gasteiger partial charge < -0.3 is 4.84 Å². The number of rotatable bonds is 3. The first kappa shape index (κ1) is 12.4. The molecule has 2 nitrogen and oxygen atoms in total. The van der Waals surface area contributed by atoms with E-state index in [0.717, 1.165) is 6.61 Å². The van der Waals surface area contributed by atoms with Crippen LogP contribution in [0.25, 0.3) is 0 Å². The fourth-order valence-electron chi connectivity index (χ4n) is 0.711. The molecule has 0 atom stereocenters. The van der Waals surface area contributed by atoms with Gasteiger partial charge in [0.25, 0.3) is 0 Å². The Morgan fingerprint density at radius 3 is 2.15 bits per heavy atom. The lowest BCUT2D eigenvalue weighted by molar-refractivity contribution is 0.0687. The van der Waals surface area contributed by atoms with Crippen LogP contribution >= 0.6 is 11.6 Å². The van der Waals surface area contributed by atoms with Gasteiger partial charge in [-0.2, -0.15) is 0 Å². The zero-order chi connectivity index (χ0) is 9.94. The Bertz CT molecular complexity index is 189. The van der Waals surface area contributed by atoms with Gasteiger partial charge in [0.2, 0.25) is 0 Å². The van der Waals surface area contributed by atoms with E-state index < -0.39 is 0 Å². The van der Waals surface area contributed by atoms with Crippen LogP contribution in [0.15, 0.2) is 30.3 Å². The molecule has 3 heteroatoms. The molecule has 1 N–H and O–H groups in total. The monoisotopic (exact) mass is 201 g/mol. The molecule has 0 aliphatic rings. The molecule has 0 amide bonds. The first-order valence-electron chi connectivity index (χ1n) is 4.23. The van der Waals surface area contributed by atoms with E-state index in [-0.39, 0.29) is 0 Å². The molecule has 0 saturated carbocycles. The van der Waals surface area contributed by atoms with Crippen molar-refractivity contribution in [1.29, 1.82) is 0 Å². The molecule has 1 aromatic rings. The van der Waals surface area contributed by atoms with Gasteiger partial charge in [0.15, 0.2) is 0 Å². The third-order valence-electron chi connectivity index (χ3n) is 1.29. The molecular weight excluding hydrogens is 186 g/mol. The van der Waals surface area contributed by atoms with E-state index >= 15 is 0 Å². The number of hydroxylamine groups is 1. The predicted octanol–water partition coefficient (Wildman–Crippen LogP) is 2.58. The molecule has 0 aliphatic carbocycles. The summed E-state index contributed by atoms with van der Waals surface area (Å²) in [7, 11) is 1.74. The van der Waals surface area contributed by atoms with E-state index in [9.17, 15) is 0 Å². The number of nitrogens with one attached hydrogen (secondary N) is 1. The average Bonchev–Trinajstić information content (AvgIpc) is 2.21. The van der Waals surface area contributed by atoms with Crippen LogP contribution in [0.4, 0.5) is 0 Å². The van der Waals surface area contributed by atoms with Gasteiger partial charge in [0.05, 0.1) is 6.61 Å². The van der Waals surface area contributed by atoms with Gasteiger partial charge in [0, 0.05) is 12.9 Å². The van der Waals surface area contributed by atoms with Gasteiger partial charge in [-0.3, -0.25) is 0 Å². The summed E-state index contributed by atoms with van der Waals surface area (Å²) in [5.74, 6) is 0.612. The maximum Gasteiger partial charge on any atom is 0.0653 e. The highest BCUT2D eigenvalue weighted by molar-refractivity contribution is 6.17. The first-order chi connectivity index (χ1) is 6.35. The van der Waals surface area contributed by atoms with Crippen LogP contribution in [0.3, 0.4) is 0 Å². The summed E-state index contributed by atoms with van der Waals surface area (Å²) >= 11 is 5.53. The van der Waals surface area contributed by atoms with Crippen LogP contribution in [0, 0.1) is 0 Å². The van der Waals surface area contributed by atoms with Gasteiger partial charge in [-0.15, -0.1) is 11.6 Å². The van der Waals surface area contributed by atoms with Crippen molar-refractivity contribution in [3.8, 4) is 0 Å². The molecule has 0 spiro atoms. The van der Waals surface area contributed by atoms with Crippen molar-refractivity contribution < 1.29 is 4.84 Å². The molecule has 74 valence electrons. The van der Waals surface area contributed by atoms with E-state index in [0.29, 0.717) is 5.88 Å². The second-order valence-corrected chi connectivity index (χ2v) is 2.52. The molecule has 0 aromatic heterocycles. The highest BCUT2D eigenvalue weighted by atomic mass is 35.5. The van der Waals surface area contributed by atoms with E-state index in [1.54, 1.807) is 7.05 Å². The van der Waals surface area contributed by atoms with E-state index in [4.69, 9.17) is 11.6 Å². The molecule has 0 aliphatic heterocycles. The smallest absolute Gasteiger partial charge is 0.0653 e. The zero-order valence-electron chi connectivity index (χ0n) is 8.09. The molecule has 1 rings (SSSR count). The van der Waals surface area contributed by atoms with Crippen molar-refractivity contribution in [2.45, 2.75) is 12.8 Å². The maximum absolute atomic E-state index is 5.53. The molecule has 1 aromatic carbocycles. The fourth-order valence-corrected chi connectivity index (χ4v) is 0.890. The summed E-state index contributed by atoms with van der Waals surface area (Å²) in [4.78, 5) is 4.58. The molecule has 13 heavy (non-hydrogen) atoms. The van der Waals surface area contributed by atoms with Crippen LogP contribution in [0.1, 0.15) is 12.5 Å². The van der Waals surface area contributed by atoms with Crippen LogP contribution in [0.5, 0.6) is 0 Å². The molecule has 0 fully saturated rings. The predicted molar refractivity (Wildman–Crippen MR) is 56.7 cm³/mol.